The molecule has 96 valence electrons. The summed E-state index contributed by atoms with van der Waals surface area (Å²) in [5, 5.41) is 7.20. The lowest BCUT2D eigenvalue weighted by Crippen LogP contribution is -2.19. The van der Waals surface area contributed by atoms with Crippen LogP contribution in [0, 0.1) is 0 Å². The van der Waals surface area contributed by atoms with Gasteiger partial charge in [-0.05, 0) is 36.5 Å². The van der Waals surface area contributed by atoms with Gasteiger partial charge in [0, 0.05) is 23.4 Å². The molecule has 2 aromatic heterocycles. The van der Waals surface area contributed by atoms with Crippen LogP contribution in [0.1, 0.15) is 4.88 Å². The summed E-state index contributed by atoms with van der Waals surface area (Å²) in [6.45, 7) is 2.00. The summed E-state index contributed by atoms with van der Waals surface area (Å²) in [5.74, 6) is 0.987. The fourth-order valence-corrected chi connectivity index (χ4v) is 3.26. The molecule has 5 heteroatoms. The van der Waals surface area contributed by atoms with Crippen LogP contribution in [0.3, 0.4) is 0 Å². The van der Waals surface area contributed by atoms with Crippen molar-refractivity contribution in [3.8, 4) is 0 Å². The maximum absolute atomic E-state index is 6.03. The summed E-state index contributed by atoms with van der Waals surface area (Å²) in [5.41, 5.74) is 0. The van der Waals surface area contributed by atoms with E-state index in [1.54, 1.807) is 18.0 Å². The van der Waals surface area contributed by atoms with E-state index < -0.39 is 0 Å². The Morgan fingerprint density at radius 2 is 2.22 bits per heavy atom. The smallest absolute Gasteiger partial charge is 0.115 e. The number of pyridine rings is 1. The van der Waals surface area contributed by atoms with Crippen LogP contribution in [0.5, 0.6) is 0 Å². The van der Waals surface area contributed by atoms with Gasteiger partial charge in [0.15, 0.2) is 0 Å². The van der Waals surface area contributed by atoms with Crippen LogP contribution in [0.25, 0.3) is 0 Å². The van der Waals surface area contributed by atoms with E-state index in [2.05, 4.69) is 27.8 Å². The highest BCUT2D eigenvalue weighted by Gasteiger charge is 2.00. The van der Waals surface area contributed by atoms with Crippen molar-refractivity contribution < 1.29 is 0 Å². The van der Waals surface area contributed by atoms with Crippen LogP contribution in [0.15, 0.2) is 40.9 Å². The second-order valence-electron chi connectivity index (χ2n) is 3.72. The monoisotopic (exact) mass is 298 g/mol. The molecule has 1 N–H and O–H groups in total. The minimum atomic E-state index is 0.737. The van der Waals surface area contributed by atoms with Crippen LogP contribution < -0.4 is 5.32 Å². The molecule has 0 saturated heterocycles. The lowest BCUT2D eigenvalue weighted by atomic mass is 10.3. The van der Waals surface area contributed by atoms with E-state index in [-0.39, 0.29) is 0 Å². The van der Waals surface area contributed by atoms with Crippen molar-refractivity contribution >= 4 is 34.7 Å². The highest BCUT2D eigenvalue weighted by atomic mass is 35.5. The van der Waals surface area contributed by atoms with E-state index in [1.807, 2.05) is 23.5 Å². The van der Waals surface area contributed by atoms with Gasteiger partial charge in [-0.2, -0.15) is 0 Å². The topological polar surface area (TPSA) is 24.9 Å². The van der Waals surface area contributed by atoms with Crippen LogP contribution in [-0.4, -0.2) is 23.8 Å². The Morgan fingerprint density at radius 1 is 1.28 bits per heavy atom. The molecule has 2 rings (SSSR count). The van der Waals surface area contributed by atoms with Crippen molar-refractivity contribution in [2.45, 2.75) is 11.4 Å². The first-order valence-electron chi connectivity index (χ1n) is 5.82. The molecular formula is C13H15ClN2S2. The molecule has 0 aliphatic rings. The highest BCUT2D eigenvalue weighted by Crippen LogP contribution is 2.23. The zero-order valence-corrected chi connectivity index (χ0v) is 12.3. The van der Waals surface area contributed by atoms with Crippen LogP contribution in [0.4, 0.5) is 0 Å². The molecule has 0 atom stereocenters. The summed E-state index contributed by atoms with van der Waals surface area (Å²) in [6, 6.07) is 8.00. The van der Waals surface area contributed by atoms with Crippen LogP contribution >= 0.6 is 34.7 Å². The van der Waals surface area contributed by atoms with Gasteiger partial charge in [0.25, 0.3) is 0 Å². The van der Waals surface area contributed by atoms with Gasteiger partial charge >= 0.3 is 0 Å². The Hall–Kier alpha value is -0.550. The quantitative estimate of drug-likeness (QED) is 0.623. The normalized spacial score (nSPS) is 10.7. The number of hydrogen-bond acceptors (Lipinski definition) is 4. The molecule has 2 aromatic rings. The third-order valence-electron chi connectivity index (χ3n) is 2.37. The predicted octanol–water partition coefficient (Wildman–Crippen LogP) is 3.72. The summed E-state index contributed by atoms with van der Waals surface area (Å²) in [6.07, 6.45) is 2.88. The molecule has 0 aliphatic heterocycles. The molecule has 18 heavy (non-hydrogen) atoms. The molecule has 0 aromatic carbocycles. The van der Waals surface area contributed by atoms with E-state index in [1.165, 1.54) is 4.88 Å². The number of halogens is 1. The average molecular weight is 299 g/mol. The van der Waals surface area contributed by atoms with E-state index in [4.69, 9.17) is 11.6 Å². The molecule has 0 saturated carbocycles. The first kappa shape index (κ1) is 13.9. The molecule has 0 fully saturated rings. The number of nitrogens with one attached hydrogen (secondary N) is 1. The Kier molecular flexibility index (Phi) is 6.00. The molecule has 2 heterocycles. The van der Waals surface area contributed by atoms with Crippen molar-refractivity contribution in [3.63, 3.8) is 0 Å². The van der Waals surface area contributed by atoms with E-state index >= 15 is 0 Å². The summed E-state index contributed by atoms with van der Waals surface area (Å²) < 4.78 is 0. The zero-order chi connectivity index (χ0) is 12.6. The predicted molar refractivity (Wildman–Crippen MR) is 80.9 cm³/mol. The number of nitrogens with zero attached hydrogens (tertiary/aromatic N) is 1. The van der Waals surface area contributed by atoms with Crippen molar-refractivity contribution in [2.24, 2.45) is 0 Å². The maximum atomic E-state index is 6.03. The number of thiophene rings is 1. The van der Waals surface area contributed by atoms with E-state index in [9.17, 15) is 0 Å². The summed E-state index contributed by atoms with van der Waals surface area (Å²) in [7, 11) is 0. The molecule has 0 aliphatic carbocycles. The van der Waals surface area contributed by atoms with Gasteiger partial charge in [0.1, 0.15) is 5.03 Å². The Labute approximate surface area is 121 Å². The number of rotatable bonds is 7. The van der Waals surface area contributed by atoms with Crippen LogP contribution in [-0.2, 0) is 6.42 Å². The van der Waals surface area contributed by atoms with Gasteiger partial charge in [-0.3, -0.25) is 0 Å². The summed E-state index contributed by atoms with van der Waals surface area (Å²) >= 11 is 9.53. The highest BCUT2D eigenvalue weighted by molar-refractivity contribution is 7.99. The largest absolute Gasteiger partial charge is 0.316 e. The molecule has 2 nitrogen and oxygen atoms in total. The SMILES string of the molecule is Clc1cccnc1SCCNCCc1cccs1. The van der Waals surface area contributed by atoms with Crippen LogP contribution in [0.2, 0.25) is 5.02 Å². The fourth-order valence-electron chi connectivity index (χ4n) is 1.49. The lowest BCUT2D eigenvalue weighted by molar-refractivity contribution is 0.725. The average Bonchev–Trinajstić information content (AvgIpc) is 2.89. The van der Waals surface area contributed by atoms with E-state index in [0.29, 0.717) is 0 Å². The number of aromatic nitrogens is 1. The molecular weight excluding hydrogens is 284 g/mol. The second-order valence-corrected chi connectivity index (χ2v) is 6.24. The minimum Gasteiger partial charge on any atom is -0.316 e. The Morgan fingerprint density at radius 3 is 3.00 bits per heavy atom. The molecule has 0 spiro atoms. The van der Waals surface area contributed by atoms with Gasteiger partial charge in [-0.25, -0.2) is 4.98 Å². The van der Waals surface area contributed by atoms with Crippen molar-refractivity contribution in [2.75, 3.05) is 18.8 Å². The standard InChI is InChI=1S/C13H15ClN2S2/c14-12-4-1-6-16-13(12)18-10-8-15-7-5-11-3-2-9-17-11/h1-4,6,9,15H,5,7-8,10H2. The van der Waals surface area contributed by atoms with Crippen molar-refractivity contribution in [3.05, 3.63) is 45.7 Å². The minimum absolute atomic E-state index is 0.737. The fraction of sp³-hybridized carbons (Fsp3) is 0.308. The molecule has 0 unspecified atom stereocenters. The zero-order valence-electron chi connectivity index (χ0n) is 9.93. The molecule has 0 bridgehead atoms. The number of hydrogen-bond donors (Lipinski definition) is 1. The first-order valence-corrected chi connectivity index (χ1v) is 8.07. The maximum Gasteiger partial charge on any atom is 0.115 e. The van der Waals surface area contributed by atoms with Gasteiger partial charge in [-0.1, -0.05) is 17.7 Å². The van der Waals surface area contributed by atoms with Gasteiger partial charge < -0.3 is 5.32 Å². The van der Waals surface area contributed by atoms with Crippen molar-refractivity contribution in [1.29, 1.82) is 0 Å². The van der Waals surface area contributed by atoms with Gasteiger partial charge in [0.2, 0.25) is 0 Å². The Bertz CT molecular complexity index is 460. The third-order valence-corrected chi connectivity index (χ3v) is 4.73. The first-order chi connectivity index (χ1) is 8.86. The van der Waals surface area contributed by atoms with Gasteiger partial charge in [0.05, 0.1) is 5.02 Å². The van der Waals surface area contributed by atoms with Crippen molar-refractivity contribution in [1.82, 2.24) is 10.3 Å². The Balaban J connectivity index is 1.58. The third kappa shape index (κ3) is 4.61. The summed E-state index contributed by atoms with van der Waals surface area (Å²) in [4.78, 5) is 5.67. The lowest BCUT2D eigenvalue weighted by Gasteiger charge is -2.04. The van der Waals surface area contributed by atoms with Gasteiger partial charge in [-0.15, -0.1) is 23.1 Å². The molecule has 0 amide bonds. The molecule has 0 radical (unpaired) electrons. The second kappa shape index (κ2) is 7.79. The number of thioether (sulfide) groups is 1. The van der Waals surface area contributed by atoms with E-state index in [0.717, 1.165) is 35.3 Å².